The van der Waals surface area contributed by atoms with E-state index in [1.165, 1.54) is 0 Å². The largest absolute Gasteiger partial charge is 0.480 e. The van der Waals surface area contributed by atoms with Crippen LogP contribution in [0.3, 0.4) is 0 Å². The van der Waals surface area contributed by atoms with Gasteiger partial charge in [-0.05, 0) is 38.3 Å². The molecule has 6 heteroatoms. The van der Waals surface area contributed by atoms with E-state index >= 15 is 0 Å². The van der Waals surface area contributed by atoms with Crippen molar-refractivity contribution < 1.29 is 18.3 Å². The molecular formula is C14H21NO4S. The van der Waals surface area contributed by atoms with Gasteiger partial charge in [0.2, 0.25) is 10.0 Å². The molecule has 20 heavy (non-hydrogen) atoms. The first-order valence-electron chi connectivity index (χ1n) is 6.52. The summed E-state index contributed by atoms with van der Waals surface area (Å²) in [4.78, 5) is 11.3. The van der Waals surface area contributed by atoms with Crippen LogP contribution in [0.5, 0.6) is 0 Å². The smallest absolute Gasteiger partial charge is 0.321 e. The van der Waals surface area contributed by atoms with Gasteiger partial charge in [-0.15, -0.1) is 0 Å². The Morgan fingerprint density at radius 3 is 2.15 bits per heavy atom. The minimum Gasteiger partial charge on any atom is -0.480 e. The molecule has 112 valence electrons. The van der Waals surface area contributed by atoms with Crippen LogP contribution in [0.1, 0.15) is 36.5 Å². The van der Waals surface area contributed by atoms with Gasteiger partial charge in [0.1, 0.15) is 6.04 Å². The van der Waals surface area contributed by atoms with Crippen LogP contribution in [0.25, 0.3) is 0 Å². The molecule has 1 aromatic carbocycles. The summed E-state index contributed by atoms with van der Waals surface area (Å²) in [6.07, 6.45) is 0.851. The molecule has 1 aromatic rings. The molecule has 0 unspecified atom stereocenters. The predicted octanol–water partition coefficient (Wildman–Crippen LogP) is 2.14. The second kappa shape index (κ2) is 6.37. The summed E-state index contributed by atoms with van der Waals surface area (Å²) in [6.45, 7) is 7.13. The number of hydrogen-bond acceptors (Lipinski definition) is 3. The van der Waals surface area contributed by atoms with Gasteiger partial charge < -0.3 is 5.11 Å². The molecule has 0 aliphatic heterocycles. The van der Waals surface area contributed by atoms with E-state index in [-0.39, 0.29) is 11.3 Å². The monoisotopic (exact) mass is 299 g/mol. The summed E-state index contributed by atoms with van der Waals surface area (Å²) in [5, 5.41) is 9.07. The zero-order chi connectivity index (χ0) is 15.5. The molecule has 0 heterocycles. The number of nitrogens with one attached hydrogen (secondary N) is 1. The average Bonchev–Trinajstić information content (AvgIpc) is 2.25. The third-order valence-corrected chi connectivity index (χ3v) is 4.82. The second-order valence-corrected chi connectivity index (χ2v) is 6.68. The van der Waals surface area contributed by atoms with E-state index in [2.05, 4.69) is 4.72 Å². The zero-order valence-corrected chi connectivity index (χ0v) is 13.0. The van der Waals surface area contributed by atoms with Gasteiger partial charge in [0, 0.05) is 0 Å². The van der Waals surface area contributed by atoms with E-state index in [1.807, 2.05) is 13.8 Å². The molecule has 0 spiro atoms. The van der Waals surface area contributed by atoms with E-state index < -0.39 is 22.0 Å². The van der Waals surface area contributed by atoms with Crippen molar-refractivity contribution in [2.24, 2.45) is 0 Å². The van der Waals surface area contributed by atoms with Gasteiger partial charge in [-0.1, -0.05) is 31.0 Å². The van der Waals surface area contributed by atoms with Crippen LogP contribution < -0.4 is 4.72 Å². The van der Waals surface area contributed by atoms with Crippen molar-refractivity contribution in [1.82, 2.24) is 4.72 Å². The highest BCUT2D eigenvalue weighted by Gasteiger charge is 2.27. The average molecular weight is 299 g/mol. The fourth-order valence-electron chi connectivity index (χ4n) is 2.36. The molecular weight excluding hydrogens is 278 g/mol. The third kappa shape index (κ3) is 3.80. The normalized spacial score (nSPS) is 13.2. The van der Waals surface area contributed by atoms with Crippen molar-refractivity contribution >= 4 is 16.0 Å². The Bertz CT molecular complexity index is 585. The molecule has 0 aliphatic rings. The van der Waals surface area contributed by atoms with Crippen molar-refractivity contribution in [1.29, 1.82) is 0 Å². The molecule has 0 saturated heterocycles. The first kappa shape index (κ1) is 16.7. The standard InChI is InChI=1S/C14H21NO4S/c1-5-6-12(14(16)17)15-20(18,19)13-10(3)7-9(2)8-11(13)4/h7-8,12,15H,5-6H2,1-4H3,(H,16,17)/t12-/m1/s1. The Hall–Kier alpha value is -1.40. The first-order valence-corrected chi connectivity index (χ1v) is 8.00. The van der Waals surface area contributed by atoms with Gasteiger partial charge in [-0.3, -0.25) is 4.79 Å². The van der Waals surface area contributed by atoms with Crippen LogP contribution in [-0.2, 0) is 14.8 Å². The summed E-state index contributed by atoms with van der Waals surface area (Å²) in [5.41, 5.74) is 2.22. The lowest BCUT2D eigenvalue weighted by Crippen LogP contribution is -2.41. The molecule has 0 aliphatic carbocycles. The highest BCUT2D eigenvalue weighted by atomic mass is 32.2. The summed E-state index contributed by atoms with van der Waals surface area (Å²) in [6, 6.07) is 2.46. The SMILES string of the molecule is CCC[C@@H](NS(=O)(=O)c1c(C)cc(C)cc1C)C(=O)O. The Kier molecular flexibility index (Phi) is 5.30. The number of hydrogen-bond donors (Lipinski definition) is 2. The molecule has 1 rings (SSSR count). The number of benzene rings is 1. The molecule has 0 radical (unpaired) electrons. The maximum Gasteiger partial charge on any atom is 0.321 e. The maximum absolute atomic E-state index is 12.4. The van der Waals surface area contributed by atoms with Crippen molar-refractivity contribution in [3.8, 4) is 0 Å². The van der Waals surface area contributed by atoms with Crippen molar-refractivity contribution in [3.05, 3.63) is 28.8 Å². The van der Waals surface area contributed by atoms with Crippen LogP contribution in [-0.4, -0.2) is 25.5 Å². The maximum atomic E-state index is 12.4. The lowest BCUT2D eigenvalue weighted by atomic mass is 10.1. The third-order valence-electron chi connectivity index (χ3n) is 3.05. The van der Waals surface area contributed by atoms with E-state index in [0.717, 1.165) is 5.56 Å². The van der Waals surface area contributed by atoms with E-state index in [1.54, 1.807) is 26.0 Å². The molecule has 0 fully saturated rings. The summed E-state index contributed by atoms with van der Waals surface area (Å²) >= 11 is 0. The molecule has 0 bridgehead atoms. The summed E-state index contributed by atoms with van der Waals surface area (Å²) in [7, 11) is -3.84. The Labute approximate surface area is 120 Å². The molecule has 0 saturated carbocycles. The molecule has 5 nitrogen and oxygen atoms in total. The highest BCUT2D eigenvalue weighted by Crippen LogP contribution is 2.22. The summed E-state index contributed by atoms with van der Waals surface area (Å²) in [5.74, 6) is -1.15. The Morgan fingerprint density at radius 1 is 1.25 bits per heavy atom. The van der Waals surface area contributed by atoms with Crippen molar-refractivity contribution in [2.75, 3.05) is 0 Å². The Balaban J connectivity index is 3.20. The predicted molar refractivity (Wildman–Crippen MR) is 77.3 cm³/mol. The number of aryl methyl sites for hydroxylation is 3. The van der Waals surface area contributed by atoms with Gasteiger partial charge in [-0.2, -0.15) is 4.72 Å². The first-order chi connectivity index (χ1) is 9.19. The molecule has 2 N–H and O–H groups in total. The van der Waals surface area contributed by atoms with Gasteiger partial charge in [0.25, 0.3) is 0 Å². The zero-order valence-electron chi connectivity index (χ0n) is 12.2. The number of carboxylic acids is 1. The van der Waals surface area contributed by atoms with E-state index in [9.17, 15) is 13.2 Å². The number of sulfonamides is 1. The number of carbonyl (C=O) groups is 1. The highest BCUT2D eigenvalue weighted by molar-refractivity contribution is 7.89. The van der Waals surface area contributed by atoms with Gasteiger partial charge >= 0.3 is 5.97 Å². The number of carboxylic acid groups (broad SMARTS) is 1. The van der Waals surface area contributed by atoms with Gasteiger partial charge in [0.15, 0.2) is 0 Å². The number of rotatable bonds is 6. The molecule has 1 atom stereocenters. The number of aliphatic carboxylic acids is 1. The lowest BCUT2D eigenvalue weighted by molar-refractivity contribution is -0.139. The minimum absolute atomic E-state index is 0.172. The van der Waals surface area contributed by atoms with Crippen molar-refractivity contribution in [3.63, 3.8) is 0 Å². The van der Waals surface area contributed by atoms with Gasteiger partial charge in [-0.25, -0.2) is 8.42 Å². The fourth-order valence-corrected chi connectivity index (χ4v) is 4.04. The van der Waals surface area contributed by atoms with E-state index in [0.29, 0.717) is 17.5 Å². The van der Waals surface area contributed by atoms with Crippen LogP contribution in [0.2, 0.25) is 0 Å². The van der Waals surface area contributed by atoms with Crippen LogP contribution >= 0.6 is 0 Å². The molecule has 0 aromatic heterocycles. The van der Waals surface area contributed by atoms with Gasteiger partial charge in [0.05, 0.1) is 4.90 Å². The van der Waals surface area contributed by atoms with Crippen molar-refractivity contribution in [2.45, 2.75) is 51.5 Å². The van der Waals surface area contributed by atoms with Crippen LogP contribution in [0.4, 0.5) is 0 Å². The van der Waals surface area contributed by atoms with Crippen LogP contribution in [0, 0.1) is 20.8 Å². The van der Waals surface area contributed by atoms with E-state index in [4.69, 9.17) is 5.11 Å². The minimum atomic E-state index is -3.84. The fraction of sp³-hybridized carbons (Fsp3) is 0.500. The summed E-state index contributed by atoms with van der Waals surface area (Å²) < 4.78 is 27.1. The lowest BCUT2D eigenvalue weighted by Gasteiger charge is -2.17. The van der Waals surface area contributed by atoms with Crippen LogP contribution in [0.15, 0.2) is 17.0 Å². The quantitative estimate of drug-likeness (QED) is 0.843. The molecule has 0 amide bonds. The topological polar surface area (TPSA) is 83.5 Å². The second-order valence-electron chi connectivity index (χ2n) is 5.03. The Morgan fingerprint density at radius 2 is 1.75 bits per heavy atom.